The Labute approximate surface area is 235 Å². The van der Waals surface area contributed by atoms with Gasteiger partial charge >= 0.3 is 12.3 Å². The van der Waals surface area contributed by atoms with Gasteiger partial charge in [-0.3, -0.25) is 9.59 Å². The summed E-state index contributed by atoms with van der Waals surface area (Å²) in [6.45, 7) is -0.768. The minimum absolute atomic E-state index is 0.0271. The number of halogens is 5. The van der Waals surface area contributed by atoms with Crippen LogP contribution in [-0.4, -0.2) is 51.5 Å². The topological polar surface area (TPSA) is 104 Å². The highest BCUT2D eigenvalue weighted by atomic mass is 19.4. The Hall–Kier alpha value is -4.86. The van der Waals surface area contributed by atoms with E-state index in [4.69, 9.17) is 10.00 Å². The third kappa shape index (κ3) is 5.04. The maximum Gasteiger partial charge on any atom is 0.418 e. The van der Waals surface area contributed by atoms with Crippen molar-refractivity contribution >= 4 is 17.9 Å². The quantitative estimate of drug-likeness (QED) is 0.378. The molecule has 2 atom stereocenters. The van der Waals surface area contributed by atoms with Gasteiger partial charge in [0.15, 0.2) is 11.5 Å². The molecule has 8 nitrogen and oxygen atoms in total. The Kier molecular flexibility index (Phi) is 7.18. The number of fused-ring (bicyclic) bond motifs is 2. The van der Waals surface area contributed by atoms with E-state index in [0.717, 1.165) is 25.1 Å². The summed E-state index contributed by atoms with van der Waals surface area (Å²) in [6, 6.07) is 9.79. The van der Waals surface area contributed by atoms with Gasteiger partial charge in [0.05, 0.1) is 0 Å². The molecule has 2 heterocycles. The zero-order valence-electron chi connectivity index (χ0n) is 21.9. The van der Waals surface area contributed by atoms with Crippen LogP contribution in [0.3, 0.4) is 0 Å². The van der Waals surface area contributed by atoms with Crippen LogP contribution in [0.15, 0.2) is 54.7 Å². The molecule has 1 spiro atoms. The fraction of sp³-hybridized carbons (Fsp3) is 0.276. The lowest BCUT2D eigenvalue weighted by molar-refractivity contribution is -0.187. The molecular weight excluding hydrogens is 563 g/mol. The smallest absolute Gasteiger partial charge is 0.418 e. The maximum absolute atomic E-state index is 14.1. The third-order valence-electron chi connectivity index (χ3n) is 7.46. The Morgan fingerprint density at radius 3 is 2.50 bits per heavy atom. The van der Waals surface area contributed by atoms with Crippen LogP contribution in [0.5, 0.6) is 0 Å². The van der Waals surface area contributed by atoms with Gasteiger partial charge in [0.1, 0.15) is 24.5 Å². The van der Waals surface area contributed by atoms with Gasteiger partial charge in [0, 0.05) is 30.3 Å². The highest BCUT2D eigenvalue weighted by Gasteiger charge is 2.58. The molecule has 42 heavy (non-hydrogen) atoms. The van der Waals surface area contributed by atoms with Crippen molar-refractivity contribution < 1.29 is 41.1 Å². The van der Waals surface area contributed by atoms with Gasteiger partial charge in [-0.25, -0.2) is 23.5 Å². The molecule has 216 valence electrons. The van der Waals surface area contributed by atoms with Crippen LogP contribution < -0.4 is 0 Å². The molecule has 1 fully saturated rings. The van der Waals surface area contributed by atoms with Crippen molar-refractivity contribution in [1.29, 1.82) is 5.26 Å². The average molecular weight is 585 g/mol. The van der Waals surface area contributed by atoms with Gasteiger partial charge in [0.25, 0.3) is 5.91 Å². The van der Waals surface area contributed by atoms with Crippen molar-refractivity contribution in [3.05, 3.63) is 88.7 Å². The Morgan fingerprint density at radius 1 is 1.14 bits per heavy atom. The number of carbonyl (C=O) groups excluding carboxylic acids is 3. The number of hydrogen-bond acceptors (Lipinski definition) is 6. The van der Waals surface area contributed by atoms with E-state index in [9.17, 15) is 36.3 Å². The number of ether oxygens (including phenoxy) is 1. The summed E-state index contributed by atoms with van der Waals surface area (Å²) in [7, 11) is 0. The first kappa shape index (κ1) is 28.7. The van der Waals surface area contributed by atoms with E-state index in [0.29, 0.717) is 32.1 Å². The number of rotatable bonds is 6. The van der Waals surface area contributed by atoms with Crippen LogP contribution in [0.25, 0.3) is 11.1 Å². The number of pyridine rings is 1. The fourth-order valence-corrected chi connectivity index (χ4v) is 5.14. The van der Waals surface area contributed by atoms with Crippen molar-refractivity contribution in [2.45, 2.75) is 44.1 Å². The Bertz CT molecular complexity index is 1640. The summed E-state index contributed by atoms with van der Waals surface area (Å²) in [5.74, 6) is -3.46. The summed E-state index contributed by atoms with van der Waals surface area (Å²) in [5, 5.41) is 8.90. The van der Waals surface area contributed by atoms with Crippen LogP contribution in [0.4, 0.5) is 26.7 Å². The number of benzene rings is 2. The lowest BCUT2D eigenvalue weighted by Crippen LogP contribution is -2.51. The van der Waals surface area contributed by atoms with E-state index in [-0.39, 0.29) is 24.1 Å². The standard InChI is InChI=1S/C29H21F5N4O4/c1-16(29(32,33)34)37(14-17-2-5-21(30)6-3-17)25(39)15-38-26(40)28(42-27(38)41)9-8-19-10-18(4-7-22(19)28)20-11-23(31)24(12-35)36-13-20/h2-7,10-11,13,16H,8-9,14-15H2,1H3/t16?,28-/m1/s1. The van der Waals surface area contributed by atoms with Gasteiger partial charge in [-0.15, -0.1) is 0 Å². The van der Waals surface area contributed by atoms with Crippen LogP contribution in [0.2, 0.25) is 0 Å². The maximum atomic E-state index is 14.1. The summed E-state index contributed by atoms with van der Waals surface area (Å²) in [5.41, 5.74) is -0.0658. The largest absolute Gasteiger partial charge is 0.427 e. The lowest BCUT2D eigenvalue weighted by atomic mass is 9.93. The fourth-order valence-electron chi connectivity index (χ4n) is 5.14. The molecule has 1 saturated heterocycles. The second-order valence-electron chi connectivity index (χ2n) is 9.99. The third-order valence-corrected chi connectivity index (χ3v) is 7.46. The molecule has 3 amide bonds. The summed E-state index contributed by atoms with van der Waals surface area (Å²) in [6.07, 6.45) is -4.37. The molecule has 0 N–H and O–H groups in total. The van der Waals surface area contributed by atoms with E-state index in [1.807, 2.05) is 0 Å². The molecule has 13 heteroatoms. The van der Waals surface area contributed by atoms with E-state index < -0.39 is 60.5 Å². The highest BCUT2D eigenvalue weighted by molar-refractivity contribution is 6.06. The van der Waals surface area contributed by atoms with E-state index in [1.165, 1.54) is 24.4 Å². The number of aromatic nitrogens is 1. The van der Waals surface area contributed by atoms with Gasteiger partial charge in [-0.2, -0.15) is 18.4 Å². The van der Waals surface area contributed by atoms with Gasteiger partial charge < -0.3 is 9.64 Å². The van der Waals surface area contributed by atoms with Crippen LogP contribution in [0, 0.1) is 23.0 Å². The zero-order chi connectivity index (χ0) is 30.4. The SMILES string of the molecule is CC(N(Cc1ccc(F)cc1)C(=O)CN1C(=O)O[C@@]2(CCc3cc(-c4cnc(C#N)c(F)c4)ccc32)C1=O)C(F)(F)F. The van der Waals surface area contributed by atoms with Crippen molar-refractivity contribution in [1.82, 2.24) is 14.8 Å². The molecule has 5 rings (SSSR count). The number of carbonyl (C=O) groups is 3. The molecule has 3 aromatic rings. The summed E-state index contributed by atoms with van der Waals surface area (Å²) in [4.78, 5) is 44.3. The van der Waals surface area contributed by atoms with Crippen LogP contribution in [0.1, 0.15) is 35.7 Å². The normalized spacial score (nSPS) is 18.5. The Balaban J connectivity index is 1.39. The number of alkyl halides is 3. The highest BCUT2D eigenvalue weighted by Crippen LogP contribution is 2.46. The predicted octanol–water partition coefficient (Wildman–Crippen LogP) is 5.00. The van der Waals surface area contributed by atoms with E-state index in [2.05, 4.69) is 4.98 Å². The van der Waals surface area contributed by atoms with E-state index >= 15 is 0 Å². The van der Waals surface area contributed by atoms with Crippen molar-refractivity contribution in [3.63, 3.8) is 0 Å². The minimum Gasteiger partial charge on any atom is -0.427 e. The van der Waals surface area contributed by atoms with Gasteiger partial charge in [-0.1, -0.05) is 30.3 Å². The van der Waals surface area contributed by atoms with Crippen molar-refractivity contribution in [2.24, 2.45) is 0 Å². The van der Waals surface area contributed by atoms with Crippen LogP contribution >= 0.6 is 0 Å². The molecule has 1 aliphatic carbocycles. The average Bonchev–Trinajstić information content (AvgIpc) is 3.43. The molecular formula is C29H21F5N4O4. The van der Waals surface area contributed by atoms with Crippen molar-refractivity contribution in [3.8, 4) is 17.2 Å². The molecule has 0 bridgehead atoms. The number of amides is 3. The first-order valence-corrected chi connectivity index (χ1v) is 12.7. The molecule has 2 aromatic carbocycles. The summed E-state index contributed by atoms with van der Waals surface area (Å²) >= 11 is 0. The molecule has 1 aromatic heterocycles. The summed E-state index contributed by atoms with van der Waals surface area (Å²) < 4.78 is 73.8. The first-order valence-electron chi connectivity index (χ1n) is 12.7. The first-order chi connectivity index (χ1) is 19.8. The number of nitriles is 1. The number of aryl methyl sites for hydroxylation is 1. The molecule has 2 aliphatic rings. The Morgan fingerprint density at radius 2 is 1.86 bits per heavy atom. The minimum atomic E-state index is -4.82. The van der Waals surface area contributed by atoms with Crippen LogP contribution in [-0.2, 0) is 32.9 Å². The second kappa shape index (κ2) is 10.5. The predicted molar refractivity (Wildman–Crippen MR) is 135 cm³/mol. The number of hydrogen-bond donors (Lipinski definition) is 0. The number of imide groups is 1. The van der Waals surface area contributed by atoms with Crippen molar-refractivity contribution in [2.75, 3.05) is 6.54 Å². The molecule has 1 unspecified atom stereocenters. The number of nitrogens with zero attached hydrogens (tertiary/aromatic N) is 4. The second-order valence-corrected chi connectivity index (χ2v) is 9.99. The molecule has 1 aliphatic heterocycles. The zero-order valence-corrected chi connectivity index (χ0v) is 21.9. The molecule has 0 saturated carbocycles. The van der Waals surface area contributed by atoms with E-state index in [1.54, 1.807) is 18.2 Å². The molecule has 0 radical (unpaired) electrons. The van der Waals surface area contributed by atoms with Gasteiger partial charge in [0.2, 0.25) is 11.5 Å². The van der Waals surface area contributed by atoms with Gasteiger partial charge in [-0.05, 0) is 48.2 Å². The lowest BCUT2D eigenvalue weighted by Gasteiger charge is -2.31. The monoisotopic (exact) mass is 584 g/mol.